The molecule has 0 aliphatic carbocycles. The van der Waals surface area contributed by atoms with E-state index >= 15 is 0 Å². The second-order valence-electron chi connectivity index (χ2n) is 6.27. The zero-order valence-corrected chi connectivity index (χ0v) is 13.4. The maximum Gasteiger partial charge on any atom is 0.262 e. The normalized spacial score (nSPS) is 11.1. The van der Waals surface area contributed by atoms with E-state index in [1.54, 1.807) is 12.1 Å². The van der Waals surface area contributed by atoms with Crippen LogP contribution in [0.2, 0.25) is 0 Å². The summed E-state index contributed by atoms with van der Waals surface area (Å²) in [6, 6.07) is 10.4. The van der Waals surface area contributed by atoms with E-state index in [0.717, 1.165) is 0 Å². The molecule has 0 aliphatic heterocycles. The lowest BCUT2D eigenvalue weighted by Crippen LogP contribution is -2.22. The van der Waals surface area contributed by atoms with Gasteiger partial charge in [0, 0.05) is 11.3 Å². The van der Waals surface area contributed by atoms with Gasteiger partial charge in [-0.2, -0.15) is 0 Å². The highest BCUT2D eigenvalue weighted by Crippen LogP contribution is 2.31. The van der Waals surface area contributed by atoms with Crippen molar-refractivity contribution in [2.45, 2.75) is 26.2 Å². The topological polar surface area (TPSA) is 58.6 Å². The van der Waals surface area contributed by atoms with Crippen molar-refractivity contribution in [2.24, 2.45) is 0 Å². The minimum atomic E-state index is -0.337. The van der Waals surface area contributed by atoms with E-state index in [2.05, 4.69) is 5.32 Å². The molecule has 0 radical (unpaired) electrons. The van der Waals surface area contributed by atoms with Gasteiger partial charge in [0.2, 0.25) is 0 Å². The van der Waals surface area contributed by atoms with Gasteiger partial charge in [0.05, 0.1) is 0 Å². The molecule has 5 heteroatoms. The number of hydrogen-bond acceptors (Lipinski definition) is 3. The highest BCUT2D eigenvalue weighted by atomic mass is 19.1. The lowest BCUT2D eigenvalue weighted by molar-refractivity contribution is -0.118. The van der Waals surface area contributed by atoms with E-state index in [4.69, 9.17) is 4.74 Å². The molecule has 0 saturated heterocycles. The summed E-state index contributed by atoms with van der Waals surface area (Å²) in [6.07, 6.45) is 0. The molecule has 0 fully saturated rings. The fraction of sp³-hybridized carbons (Fsp3) is 0.278. The second-order valence-corrected chi connectivity index (χ2v) is 6.27. The van der Waals surface area contributed by atoms with Gasteiger partial charge in [0.25, 0.3) is 5.91 Å². The third kappa shape index (κ3) is 4.71. The molecule has 2 N–H and O–H groups in total. The van der Waals surface area contributed by atoms with Gasteiger partial charge in [-0.3, -0.25) is 4.79 Å². The zero-order valence-electron chi connectivity index (χ0n) is 13.4. The summed E-state index contributed by atoms with van der Waals surface area (Å²) in [6.45, 7) is 5.66. The Labute approximate surface area is 134 Å². The lowest BCUT2D eigenvalue weighted by atomic mass is 9.86. The number of ether oxygens (including phenoxy) is 1. The third-order valence-corrected chi connectivity index (χ3v) is 3.26. The zero-order chi connectivity index (χ0) is 17.0. The first-order chi connectivity index (χ1) is 10.8. The van der Waals surface area contributed by atoms with Crippen LogP contribution in [-0.4, -0.2) is 17.6 Å². The van der Waals surface area contributed by atoms with E-state index in [0.29, 0.717) is 17.0 Å². The second kappa shape index (κ2) is 6.69. The first-order valence-corrected chi connectivity index (χ1v) is 7.27. The van der Waals surface area contributed by atoms with Crippen molar-refractivity contribution in [1.82, 2.24) is 0 Å². The molecule has 0 spiro atoms. The summed E-state index contributed by atoms with van der Waals surface area (Å²) in [7, 11) is 0. The summed E-state index contributed by atoms with van der Waals surface area (Å²) in [5, 5.41) is 11.9. The minimum Gasteiger partial charge on any atom is -0.508 e. The van der Waals surface area contributed by atoms with Crippen molar-refractivity contribution < 1.29 is 19.0 Å². The van der Waals surface area contributed by atoms with Gasteiger partial charge in [-0.25, -0.2) is 4.39 Å². The molecular formula is C18H20FNO3. The predicted octanol–water partition coefficient (Wildman–Crippen LogP) is 3.85. The fourth-order valence-corrected chi connectivity index (χ4v) is 2.10. The molecule has 122 valence electrons. The number of halogens is 1. The molecule has 0 heterocycles. The molecule has 0 saturated carbocycles. The maximum absolute atomic E-state index is 13.4. The number of carbonyl (C=O) groups excluding carboxylic acids is 1. The number of anilines is 1. The number of nitrogens with one attached hydrogen (secondary N) is 1. The number of amides is 1. The van der Waals surface area contributed by atoms with Crippen molar-refractivity contribution in [1.29, 1.82) is 0 Å². The van der Waals surface area contributed by atoms with Gasteiger partial charge < -0.3 is 15.2 Å². The summed E-state index contributed by atoms with van der Waals surface area (Å²) in [4.78, 5) is 11.9. The van der Waals surface area contributed by atoms with E-state index in [9.17, 15) is 14.3 Å². The number of rotatable bonds is 4. The van der Waals surface area contributed by atoms with Gasteiger partial charge in [0.15, 0.2) is 6.61 Å². The Morgan fingerprint density at radius 2 is 1.83 bits per heavy atom. The Hall–Kier alpha value is -2.56. The highest BCUT2D eigenvalue weighted by molar-refractivity contribution is 5.91. The Balaban J connectivity index is 2.03. The number of phenolic OH excluding ortho intramolecular Hbond substituents is 1. The predicted molar refractivity (Wildman–Crippen MR) is 87.3 cm³/mol. The molecule has 1 amide bonds. The SMILES string of the molecule is CC(C)(C)c1cc(F)ccc1OCC(=O)Nc1ccc(O)cc1. The summed E-state index contributed by atoms with van der Waals surface area (Å²) in [5.41, 5.74) is 0.965. The van der Waals surface area contributed by atoms with Gasteiger partial charge in [-0.05, 0) is 47.9 Å². The van der Waals surface area contributed by atoms with Crippen molar-refractivity contribution in [3.8, 4) is 11.5 Å². The van der Waals surface area contributed by atoms with Crippen LogP contribution in [0.3, 0.4) is 0 Å². The molecule has 4 nitrogen and oxygen atoms in total. The van der Waals surface area contributed by atoms with Gasteiger partial charge >= 0.3 is 0 Å². The van der Waals surface area contributed by atoms with Crippen LogP contribution in [0.15, 0.2) is 42.5 Å². The average Bonchev–Trinajstić information content (AvgIpc) is 2.47. The van der Waals surface area contributed by atoms with Crippen LogP contribution in [0, 0.1) is 5.82 Å². The van der Waals surface area contributed by atoms with Crippen LogP contribution in [-0.2, 0) is 10.2 Å². The molecular weight excluding hydrogens is 297 g/mol. The van der Waals surface area contributed by atoms with E-state index < -0.39 is 0 Å². The Bertz CT molecular complexity index is 690. The van der Waals surface area contributed by atoms with Gasteiger partial charge in [0.1, 0.15) is 17.3 Å². The first kappa shape index (κ1) is 16.8. The lowest BCUT2D eigenvalue weighted by Gasteiger charge is -2.22. The Morgan fingerprint density at radius 3 is 2.43 bits per heavy atom. The number of hydrogen-bond donors (Lipinski definition) is 2. The summed E-state index contributed by atoms with van der Waals surface area (Å²) >= 11 is 0. The maximum atomic E-state index is 13.4. The van der Waals surface area contributed by atoms with Crippen molar-refractivity contribution in [3.63, 3.8) is 0 Å². The van der Waals surface area contributed by atoms with Gasteiger partial charge in [-0.15, -0.1) is 0 Å². The molecule has 0 bridgehead atoms. The van der Waals surface area contributed by atoms with Crippen LogP contribution in [0.25, 0.3) is 0 Å². The summed E-state index contributed by atoms with van der Waals surface area (Å²) in [5.74, 6) is -0.0594. The quantitative estimate of drug-likeness (QED) is 0.842. The molecule has 23 heavy (non-hydrogen) atoms. The monoisotopic (exact) mass is 317 g/mol. The molecule has 0 atom stereocenters. The smallest absolute Gasteiger partial charge is 0.262 e. The molecule has 2 rings (SSSR count). The number of phenols is 1. The van der Waals surface area contributed by atoms with Gasteiger partial charge in [-0.1, -0.05) is 20.8 Å². The van der Waals surface area contributed by atoms with Crippen LogP contribution < -0.4 is 10.1 Å². The molecule has 2 aromatic carbocycles. The Morgan fingerprint density at radius 1 is 1.17 bits per heavy atom. The first-order valence-electron chi connectivity index (χ1n) is 7.27. The summed E-state index contributed by atoms with van der Waals surface area (Å²) < 4.78 is 19.0. The van der Waals surface area contributed by atoms with Crippen molar-refractivity contribution in [2.75, 3.05) is 11.9 Å². The largest absolute Gasteiger partial charge is 0.508 e. The van der Waals surface area contributed by atoms with Crippen LogP contribution in [0.4, 0.5) is 10.1 Å². The molecule has 0 aliphatic rings. The third-order valence-electron chi connectivity index (χ3n) is 3.26. The fourth-order valence-electron chi connectivity index (χ4n) is 2.10. The molecule has 0 unspecified atom stereocenters. The molecule has 0 aromatic heterocycles. The van der Waals surface area contributed by atoms with E-state index in [1.165, 1.54) is 30.3 Å². The highest BCUT2D eigenvalue weighted by Gasteiger charge is 2.20. The Kier molecular flexibility index (Phi) is 4.89. The van der Waals surface area contributed by atoms with E-state index in [1.807, 2.05) is 20.8 Å². The average molecular weight is 317 g/mol. The van der Waals surface area contributed by atoms with Crippen LogP contribution >= 0.6 is 0 Å². The minimum absolute atomic E-state index is 0.125. The number of aromatic hydroxyl groups is 1. The van der Waals surface area contributed by atoms with Crippen LogP contribution in [0.1, 0.15) is 26.3 Å². The number of benzene rings is 2. The van der Waals surface area contributed by atoms with Crippen molar-refractivity contribution in [3.05, 3.63) is 53.8 Å². The van der Waals surface area contributed by atoms with E-state index in [-0.39, 0.29) is 29.5 Å². The van der Waals surface area contributed by atoms with Crippen LogP contribution in [0.5, 0.6) is 11.5 Å². The number of carbonyl (C=O) groups is 1. The van der Waals surface area contributed by atoms with Crippen molar-refractivity contribution >= 4 is 11.6 Å². The standard InChI is InChI=1S/C18H20FNO3/c1-18(2,3)15-10-12(19)4-9-16(15)23-11-17(22)20-13-5-7-14(21)8-6-13/h4-10,21H,11H2,1-3H3,(H,20,22). The molecule has 2 aromatic rings.